The number of aryl methyl sites for hydroxylation is 1. The standard InChI is InChI=1S/C37H30N2O6S/c1-41-26-12-9-25(10-13-26)35-28-14-11-24-5-3-4-6-27(24)34(28)38-37-39(35)36(40)33(46-37)19-22-7-15-29(31(17-22)42-2)43-20-23-8-16-30-32(18-23)45-21-44-30/h3-10,12-13,15-19,35H,11,14,20-21H2,1-2H3/b33-19+/t35-/m0/s1. The first-order valence-corrected chi connectivity index (χ1v) is 15.9. The van der Waals surface area contributed by atoms with Crippen LogP contribution in [0.2, 0.25) is 0 Å². The Morgan fingerprint density at radius 2 is 1.76 bits per heavy atom. The van der Waals surface area contributed by atoms with Crippen LogP contribution in [0, 0.1) is 0 Å². The maximum Gasteiger partial charge on any atom is 0.271 e. The predicted octanol–water partition coefficient (Wildman–Crippen LogP) is 5.64. The molecule has 9 heteroatoms. The van der Waals surface area contributed by atoms with Crippen LogP contribution in [0.15, 0.2) is 100 Å². The summed E-state index contributed by atoms with van der Waals surface area (Å²) in [5.41, 5.74) is 7.29. The van der Waals surface area contributed by atoms with Crippen LogP contribution < -0.4 is 38.6 Å². The molecular formula is C37H30N2O6S. The van der Waals surface area contributed by atoms with Crippen molar-refractivity contribution in [2.75, 3.05) is 21.0 Å². The summed E-state index contributed by atoms with van der Waals surface area (Å²) in [4.78, 5) is 20.0. The van der Waals surface area contributed by atoms with Crippen molar-refractivity contribution in [3.05, 3.63) is 138 Å². The van der Waals surface area contributed by atoms with Crippen molar-refractivity contribution in [3.8, 4) is 28.7 Å². The minimum atomic E-state index is -0.255. The summed E-state index contributed by atoms with van der Waals surface area (Å²) in [6, 6.07) is 27.6. The summed E-state index contributed by atoms with van der Waals surface area (Å²) >= 11 is 1.40. The van der Waals surface area contributed by atoms with E-state index in [-0.39, 0.29) is 18.4 Å². The highest BCUT2D eigenvalue weighted by Gasteiger charge is 2.32. The molecule has 0 unspecified atom stereocenters. The summed E-state index contributed by atoms with van der Waals surface area (Å²) < 4.78 is 30.5. The third-order valence-corrected chi connectivity index (χ3v) is 9.60. The van der Waals surface area contributed by atoms with Gasteiger partial charge >= 0.3 is 0 Å². The van der Waals surface area contributed by atoms with Gasteiger partial charge in [-0.05, 0) is 83.1 Å². The number of thiazole rings is 1. The van der Waals surface area contributed by atoms with Crippen molar-refractivity contribution in [2.24, 2.45) is 4.99 Å². The molecule has 5 aromatic rings. The van der Waals surface area contributed by atoms with Gasteiger partial charge in [-0.25, -0.2) is 4.99 Å². The Hall–Kier alpha value is -5.28. The van der Waals surface area contributed by atoms with Crippen molar-refractivity contribution < 1.29 is 23.7 Å². The van der Waals surface area contributed by atoms with Crippen LogP contribution in [-0.2, 0) is 13.0 Å². The van der Waals surface area contributed by atoms with Crippen molar-refractivity contribution >= 4 is 23.1 Å². The highest BCUT2D eigenvalue weighted by molar-refractivity contribution is 7.07. The van der Waals surface area contributed by atoms with Crippen LogP contribution in [0.25, 0.3) is 11.8 Å². The number of nitrogens with zero attached hydrogens (tertiary/aromatic N) is 2. The number of allylic oxidation sites excluding steroid dienone is 1. The molecule has 4 aromatic carbocycles. The molecule has 0 radical (unpaired) electrons. The largest absolute Gasteiger partial charge is 0.497 e. The van der Waals surface area contributed by atoms with E-state index in [0.717, 1.165) is 57.9 Å². The molecule has 0 bridgehead atoms. The van der Waals surface area contributed by atoms with Gasteiger partial charge in [0.1, 0.15) is 12.4 Å². The molecule has 3 heterocycles. The first kappa shape index (κ1) is 28.2. The number of rotatable bonds is 7. The predicted molar refractivity (Wildman–Crippen MR) is 176 cm³/mol. The molecule has 1 atom stereocenters. The van der Waals surface area contributed by atoms with Gasteiger partial charge in [0.2, 0.25) is 6.79 Å². The Kier molecular flexibility index (Phi) is 7.10. The van der Waals surface area contributed by atoms with Gasteiger partial charge in [-0.1, -0.05) is 59.9 Å². The van der Waals surface area contributed by atoms with Crippen LogP contribution in [0.3, 0.4) is 0 Å². The number of aromatic nitrogens is 1. The third kappa shape index (κ3) is 4.93. The van der Waals surface area contributed by atoms with Crippen molar-refractivity contribution in [3.63, 3.8) is 0 Å². The molecular weight excluding hydrogens is 600 g/mol. The molecule has 3 aliphatic rings. The molecule has 46 heavy (non-hydrogen) atoms. The molecule has 8 nitrogen and oxygen atoms in total. The van der Waals surface area contributed by atoms with Crippen LogP contribution in [0.1, 0.15) is 40.3 Å². The van der Waals surface area contributed by atoms with Crippen LogP contribution in [-0.4, -0.2) is 25.6 Å². The van der Waals surface area contributed by atoms with Gasteiger partial charge in [0.15, 0.2) is 27.8 Å². The summed E-state index contributed by atoms with van der Waals surface area (Å²) in [6.07, 6.45) is 3.64. The van der Waals surface area contributed by atoms with E-state index in [2.05, 4.69) is 24.3 Å². The lowest BCUT2D eigenvalue weighted by Crippen LogP contribution is -2.38. The Bertz CT molecular complexity index is 2200. The zero-order chi connectivity index (χ0) is 31.2. The lowest BCUT2D eigenvalue weighted by atomic mass is 9.83. The number of ether oxygens (including phenoxy) is 5. The lowest BCUT2D eigenvalue weighted by Gasteiger charge is -2.30. The molecule has 0 fully saturated rings. The van der Waals surface area contributed by atoms with Crippen molar-refractivity contribution in [2.45, 2.75) is 25.5 Å². The molecule has 1 aromatic heterocycles. The maximum atomic E-state index is 14.2. The monoisotopic (exact) mass is 630 g/mol. The molecule has 8 rings (SSSR count). The summed E-state index contributed by atoms with van der Waals surface area (Å²) in [5, 5.41) is 0. The highest BCUT2D eigenvalue weighted by atomic mass is 32.1. The molecule has 0 saturated carbocycles. The zero-order valence-corrected chi connectivity index (χ0v) is 26.1. The van der Waals surface area contributed by atoms with Gasteiger partial charge in [-0.15, -0.1) is 0 Å². The topological polar surface area (TPSA) is 80.5 Å². The second-order valence-corrected chi connectivity index (χ2v) is 12.3. The lowest BCUT2D eigenvalue weighted by molar-refractivity contribution is 0.174. The molecule has 1 aliphatic carbocycles. The SMILES string of the molecule is COc1ccc([C@H]2C3=C(N=c4s/c(=C/c5ccc(OCc6ccc7c(c6)OCO7)c(OC)c5)c(=O)n42)c2ccccc2CC3)cc1. The fraction of sp³-hybridized carbons (Fsp3) is 0.189. The smallest absolute Gasteiger partial charge is 0.271 e. The normalized spacial score (nSPS) is 16.3. The number of benzene rings is 4. The van der Waals surface area contributed by atoms with Crippen molar-refractivity contribution in [1.29, 1.82) is 0 Å². The molecule has 0 amide bonds. The van der Waals surface area contributed by atoms with E-state index >= 15 is 0 Å². The van der Waals surface area contributed by atoms with Crippen molar-refractivity contribution in [1.82, 2.24) is 4.57 Å². The minimum Gasteiger partial charge on any atom is -0.497 e. The fourth-order valence-electron chi connectivity index (χ4n) is 6.34. The van der Waals surface area contributed by atoms with Crippen LogP contribution in [0.5, 0.6) is 28.7 Å². The van der Waals surface area contributed by atoms with E-state index in [1.54, 1.807) is 14.2 Å². The van der Waals surface area contributed by atoms with Gasteiger partial charge in [0.05, 0.1) is 30.5 Å². The number of methoxy groups -OCH3 is 2. The first-order chi connectivity index (χ1) is 22.6. The quantitative estimate of drug-likeness (QED) is 0.232. The Morgan fingerprint density at radius 3 is 2.61 bits per heavy atom. The van der Waals surface area contributed by atoms with Gasteiger partial charge < -0.3 is 23.7 Å². The summed E-state index contributed by atoms with van der Waals surface area (Å²) in [6.45, 7) is 0.565. The highest BCUT2D eigenvalue weighted by Crippen LogP contribution is 2.41. The van der Waals surface area contributed by atoms with E-state index in [9.17, 15) is 4.79 Å². The fourth-order valence-corrected chi connectivity index (χ4v) is 7.35. The van der Waals surface area contributed by atoms with E-state index in [1.807, 2.05) is 71.3 Å². The average Bonchev–Trinajstić information content (AvgIpc) is 3.70. The first-order valence-electron chi connectivity index (χ1n) is 15.1. The van der Waals surface area contributed by atoms with Gasteiger partial charge in [-0.2, -0.15) is 0 Å². The van der Waals surface area contributed by atoms with E-state index in [4.69, 9.17) is 28.7 Å². The number of hydrogen-bond acceptors (Lipinski definition) is 8. The summed E-state index contributed by atoms with van der Waals surface area (Å²) in [5.74, 6) is 3.40. The van der Waals surface area contributed by atoms with Crippen LogP contribution in [0.4, 0.5) is 0 Å². The van der Waals surface area contributed by atoms with Gasteiger partial charge in [0.25, 0.3) is 5.56 Å². The second-order valence-electron chi connectivity index (χ2n) is 11.3. The average molecular weight is 631 g/mol. The maximum absolute atomic E-state index is 14.2. The Balaban J connectivity index is 1.17. The van der Waals surface area contributed by atoms with Gasteiger partial charge in [0, 0.05) is 5.56 Å². The number of hydrogen-bond donors (Lipinski definition) is 0. The Labute approximate surface area is 269 Å². The number of fused-ring (bicyclic) bond motifs is 4. The molecule has 2 aliphatic heterocycles. The molecule has 0 N–H and O–H groups in total. The second kappa shape index (κ2) is 11.6. The third-order valence-electron chi connectivity index (χ3n) is 8.62. The van der Waals surface area contributed by atoms with Gasteiger partial charge in [-0.3, -0.25) is 9.36 Å². The van der Waals surface area contributed by atoms with E-state index in [0.29, 0.717) is 33.2 Å². The van der Waals surface area contributed by atoms with E-state index in [1.165, 1.54) is 16.9 Å². The minimum absolute atomic E-state index is 0.0721. The Morgan fingerprint density at radius 1 is 0.913 bits per heavy atom. The molecule has 0 spiro atoms. The van der Waals surface area contributed by atoms with Crippen LogP contribution >= 0.6 is 11.3 Å². The summed E-state index contributed by atoms with van der Waals surface area (Å²) in [7, 11) is 3.27. The van der Waals surface area contributed by atoms with E-state index < -0.39 is 0 Å². The molecule has 0 saturated heterocycles. The zero-order valence-electron chi connectivity index (χ0n) is 25.3. The molecule has 230 valence electrons.